The molecule has 1 aromatic heterocycles. The van der Waals surface area contributed by atoms with Crippen LogP contribution in [0.1, 0.15) is 53.3 Å². The molecule has 0 spiro atoms. The van der Waals surface area contributed by atoms with Crippen molar-refractivity contribution in [1.82, 2.24) is 4.57 Å². The van der Waals surface area contributed by atoms with Crippen LogP contribution in [0.25, 0.3) is 11.1 Å². The number of nitrogens with zero attached hydrogens (tertiary/aromatic N) is 1. The van der Waals surface area contributed by atoms with Crippen molar-refractivity contribution in [3.63, 3.8) is 0 Å². The molecule has 0 aliphatic heterocycles. The molecule has 3 nitrogen and oxygen atoms in total. The lowest BCUT2D eigenvalue weighted by Gasteiger charge is -2.18. The summed E-state index contributed by atoms with van der Waals surface area (Å²) in [7, 11) is 0. The summed E-state index contributed by atoms with van der Waals surface area (Å²) in [4.78, 5) is 11.7. The third-order valence-corrected chi connectivity index (χ3v) is 4.67. The van der Waals surface area contributed by atoms with Gasteiger partial charge in [0.1, 0.15) is 5.69 Å². The first-order chi connectivity index (χ1) is 11.3. The second-order valence-electron chi connectivity index (χ2n) is 6.23. The van der Waals surface area contributed by atoms with Crippen LogP contribution < -0.4 is 0 Å². The number of carboxylic acids is 1. The predicted molar refractivity (Wildman–Crippen MR) is 84.1 cm³/mol. The van der Waals surface area contributed by atoms with Crippen molar-refractivity contribution in [3.05, 3.63) is 47.3 Å². The van der Waals surface area contributed by atoms with Gasteiger partial charge in [0.2, 0.25) is 0 Å². The zero-order chi connectivity index (χ0) is 17.5. The van der Waals surface area contributed by atoms with Crippen molar-refractivity contribution in [2.45, 2.75) is 44.8 Å². The molecule has 128 valence electrons. The lowest BCUT2D eigenvalue weighted by atomic mass is 9.98. The van der Waals surface area contributed by atoms with E-state index in [1.54, 1.807) is 31.2 Å². The summed E-state index contributed by atoms with van der Waals surface area (Å²) in [5, 5.41) is 9.50. The Morgan fingerprint density at radius 1 is 1.17 bits per heavy atom. The number of aromatic carboxylic acids is 1. The first kappa shape index (κ1) is 16.6. The van der Waals surface area contributed by atoms with E-state index in [0.717, 1.165) is 23.0 Å². The van der Waals surface area contributed by atoms with Crippen LogP contribution in [0.15, 0.2) is 30.5 Å². The average molecular weight is 337 g/mol. The highest BCUT2D eigenvalue weighted by atomic mass is 19.4. The molecular weight excluding hydrogens is 319 g/mol. The molecule has 1 fully saturated rings. The van der Waals surface area contributed by atoms with Crippen molar-refractivity contribution in [3.8, 4) is 11.1 Å². The van der Waals surface area contributed by atoms with Gasteiger partial charge in [0.25, 0.3) is 0 Å². The van der Waals surface area contributed by atoms with E-state index < -0.39 is 23.4 Å². The van der Waals surface area contributed by atoms with Crippen molar-refractivity contribution in [1.29, 1.82) is 0 Å². The second kappa shape index (κ2) is 6.00. The van der Waals surface area contributed by atoms with Gasteiger partial charge in [0.05, 0.1) is 5.56 Å². The van der Waals surface area contributed by atoms with Crippen molar-refractivity contribution in [2.75, 3.05) is 0 Å². The minimum Gasteiger partial charge on any atom is -0.478 e. The Bertz CT molecular complexity index is 771. The van der Waals surface area contributed by atoms with Gasteiger partial charge < -0.3 is 9.67 Å². The zero-order valence-electron chi connectivity index (χ0n) is 13.2. The van der Waals surface area contributed by atoms with Gasteiger partial charge in [-0.1, -0.05) is 37.1 Å². The molecule has 2 aromatic rings. The largest absolute Gasteiger partial charge is 0.478 e. The standard InChI is InChI=1S/C18H18F3NO2/c1-11-6-2-5-9-13(11)14-10-22(12-7-3-4-8-12)16(18(19,20)21)15(14)17(23)24/h2,5-6,9-10,12H,3-4,7-8H2,1H3,(H,23,24). The Balaban J connectivity index is 2.30. The predicted octanol–water partition coefficient (Wildman–Crippen LogP) is 5.30. The molecule has 6 heteroatoms. The smallest absolute Gasteiger partial charge is 0.432 e. The Morgan fingerprint density at radius 2 is 1.79 bits per heavy atom. The first-order valence-corrected chi connectivity index (χ1v) is 7.92. The maximum absolute atomic E-state index is 13.7. The van der Waals surface area contributed by atoms with Gasteiger partial charge in [-0.2, -0.15) is 13.2 Å². The van der Waals surface area contributed by atoms with Gasteiger partial charge in [-0.25, -0.2) is 4.79 Å². The highest BCUT2D eigenvalue weighted by molar-refractivity contribution is 5.98. The number of rotatable bonds is 3. The second-order valence-corrected chi connectivity index (χ2v) is 6.23. The Labute approximate surface area is 137 Å². The van der Waals surface area contributed by atoms with E-state index in [9.17, 15) is 23.1 Å². The number of aryl methyl sites for hydroxylation is 1. The summed E-state index contributed by atoms with van der Waals surface area (Å²) in [6, 6.07) is 6.61. The van der Waals surface area contributed by atoms with Crippen LogP contribution in [-0.2, 0) is 6.18 Å². The summed E-state index contributed by atoms with van der Waals surface area (Å²) in [5.41, 5.74) is -0.280. The van der Waals surface area contributed by atoms with E-state index in [0.29, 0.717) is 18.4 Å². The first-order valence-electron chi connectivity index (χ1n) is 7.92. The number of benzene rings is 1. The Morgan fingerprint density at radius 3 is 2.33 bits per heavy atom. The van der Waals surface area contributed by atoms with Gasteiger partial charge >= 0.3 is 12.1 Å². The van der Waals surface area contributed by atoms with E-state index in [1.165, 1.54) is 6.20 Å². The monoisotopic (exact) mass is 337 g/mol. The Kier molecular flexibility index (Phi) is 4.15. The van der Waals surface area contributed by atoms with E-state index in [1.807, 2.05) is 0 Å². The van der Waals surface area contributed by atoms with Crippen LogP contribution in [-0.4, -0.2) is 15.6 Å². The normalized spacial score (nSPS) is 15.8. The average Bonchev–Trinajstić information content (AvgIpc) is 3.14. The molecule has 0 bridgehead atoms. The summed E-state index contributed by atoms with van der Waals surface area (Å²) in [6.07, 6.45) is -0.319. The van der Waals surface area contributed by atoms with Crippen LogP contribution >= 0.6 is 0 Å². The molecule has 0 unspecified atom stereocenters. The lowest BCUT2D eigenvalue weighted by molar-refractivity contribution is -0.144. The lowest BCUT2D eigenvalue weighted by Crippen LogP contribution is -2.19. The number of carboxylic acid groups (broad SMARTS) is 1. The van der Waals surface area contributed by atoms with E-state index in [-0.39, 0.29) is 11.6 Å². The summed E-state index contributed by atoms with van der Waals surface area (Å²) in [5.74, 6) is -1.54. The fourth-order valence-electron chi connectivity index (χ4n) is 3.58. The highest BCUT2D eigenvalue weighted by Crippen LogP contribution is 2.43. The number of halogens is 3. The summed E-state index contributed by atoms with van der Waals surface area (Å²) >= 11 is 0. The van der Waals surface area contributed by atoms with Crippen molar-refractivity contribution < 1.29 is 23.1 Å². The molecule has 1 heterocycles. The maximum atomic E-state index is 13.7. The topological polar surface area (TPSA) is 42.2 Å². The summed E-state index contributed by atoms with van der Waals surface area (Å²) < 4.78 is 42.2. The van der Waals surface area contributed by atoms with Gasteiger partial charge in [-0.15, -0.1) is 0 Å². The number of carbonyl (C=O) groups is 1. The molecule has 0 amide bonds. The van der Waals surface area contributed by atoms with E-state index >= 15 is 0 Å². The van der Waals surface area contributed by atoms with Crippen LogP contribution in [0.3, 0.4) is 0 Å². The van der Waals surface area contributed by atoms with Crippen molar-refractivity contribution >= 4 is 5.97 Å². The van der Waals surface area contributed by atoms with Crippen LogP contribution in [0, 0.1) is 6.92 Å². The molecular formula is C18H18F3NO2. The highest BCUT2D eigenvalue weighted by Gasteiger charge is 2.43. The third-order valence-electron chi connectivity index (χ3n) is 4.67. The fourth-order valence-corrected chi connectivity index (χ4v) is 3.58. The zero-order valence-corrected chi connectivity index (χ0v) is 13.2. The van der Waals surface area contributed by atoms with Crippen LogP contribution in [0.4, 0.5) is 13.2 Å². The SMILES string of the molecule is Cc1ccccc1-c1cn(C2CCCC2)c(C(F)(F)F)c1C(=O)O. The van der Waals surface area contributed by atoms with Gasteiger partial charge in [0, 0.05) is 17.8 Å². The molecule has 3 rings (SSSR count). The van der Waals surface area contributed by atoms with Crippen LogP contribution in [0.2, 0.25) is 0 Å². The Hall–Kier alpha value is -2.24. The van der Waals surface area contributed by atoms with E-state index in [4.69, 9.17) is 0 Å². The number of hydrogen-bond acceptors (Lipinski definition) is 1. The molecule has 0 atom stereocenters. The molecule has 24 heavy (non-hydrogen) atoms. The molecule has 1 saturated carbocycles. The third kappa shape index (κ3) is 2.81. The van der Waals surface area contributed by atoms with Gasteiger partial charge in [-0.05, 0) is 30.9 Å². The maximum Gasteiger partial charge on any atom is 0.432 e. The van der Waals surface area contributed by atoms with Gasteiger partial charge in [0.15, 0.2) is 0 Å². The number of hydrogen-bond donors (Lipinski definition) is 1. The molecule has 1 aliphatic rings. The molecule has 1 aromatic carbocycles. The molecule has 1 N–H and O–H groups in total. The minimum absolute atomic E-state index is 0.139. The summed E-state index contributed by atoms with van der Waals surface area (Å²) in [6.45, 7) is 1.77. The van der Waals surface area contributed by atoms with E-state index in [2.05, 4.69) is 0 Å². The van der Waals surface area contributed by atoms with Crippen LogP contribution in [0.5, 0.6) is 0 Å². The molecule has 0 saturated heterocycles. The number of alkyl halides is 3. The fraction of sp³-hybridized carbons (Fsp3) is 0.389. The van der Waals surface area contributed by atoms with Gasteiger partial charge in [-0.3, -0.25) is 0 Å². The number of aromatic nitrogens is 1. The molecule has 0 radical (unpaired) electrons. The minimum atomic E-state index is -4.71. The quantitative estimate of drug-likeness (QED) is 0.826. The molecule has 1 aliphatic carbocycles. The van der Waals surface area contributed by atoms with Crippen molar-refractivity contribution in [2.24, 2.45) is 0 Å².